The summed E-state index contributed by atoms with van der Waals surface area (Å²) in [6, 6.07) is 6.26. The standard InChI is InChI=1S/C18H20N2O6/c1-3-16(21)19-12-6-4-11(5-7-12)17(22)20-8-14(18(23)24-2)26-15-10-25-9-13(15)20/h3-7,13-15H,1,8-10H2,2H3,(H,19,21)/t13-,14?,15-/m1/s1. The number of fused-ring (bicyclic) bond motifs is 1. The van der Waals surface area contributed by atoms with Crippen molar-refractivity contribution in [1.82, 2.24) is 4.90 Å². The molecule has 2 aliphatic rings. The zero-order valence-corrected chi connectivity index (χ0v) is 14.3. The molecule has 0 radical (unpaired) electrons. The van der Waals surface area contributed by atoms with Gasteiger partial charge in [-0.15, -0.1) is 0 Å². The molecule has 2 fully saturated rings. The molecule has 3 atom stereocenters. The van der Waals surface area contributed by atoms with Gasteiger partial charge in [-0.3, -0.25) is 9.59 Å². The minimum Gasteiger partial charge on any atom is -0.467 e. The summed E-state index contributed by atoms with van der Waals surface area (Å²) in [7, 11) is 1.28. The zero-order chi connectivity index (χ0) is 18.7. The van der Waals surface area contributed by atoms with Crippen molar-refractivity contribution in [2.24, 2.45) is 0 Å². The lowest BCUT2D eigenvalue weighted by atomic mass is 10.1. The van der Waals surface area contributed by atoms with Gasteiger partial charge >= 0.3 is 5.97 Å². The summed E-state index contributed by atoms with van der Waals surface area (Å²) in [6.07, 6.45) is -0.0269. The molecule has 2 saturated heterocycles. The van der Waals surface area contributed by atoms with E-state index in [0.717, 1.165) is 0 Å². The molecule has 2 amide bonds. The third-order valence-electron chi connectivity index (χ3n) is 4.41. The van der Waals surface area contributed by atoms with E-state index in [1.807, 2.05) is 0 Å². The molecular weight excluding hydrogens is 340 g/mol. The number of methoxy groups -OCH3 is 1. The maximum absolute atomic E-state index is 12.9. The molecule has 138 valence electrons. The molecule has 1 aromatic carbocycles. The van der Waals surface area contributed by atoms with E-state index in [9.17, 15) is 14.4 Å². The van der Waals surface area contributed by atoms with Crippen molar-refractivity contribution in [3.63, 3.8) is 0 Å². The quantitative estimate of drug-likeness (QED) is 0.624. The number of benzene rings is 1. The molecule has 1 N–H and O–H groups in total. The van der Waals surface area contributed by atoms with Crippen molar-refractivity contribution in [2.75, 3.05) is 32.2 Å². The number of ether oxygens (including phenoxy) is 3. The van der Waals surface area contributed by atoms with E-state index in [4.69, 9.17) is 14.2 Å². The summed E-state index contributed by atoms with van der Waals surface area (Å²) >= 11 is 0. The highest BCUT2D eigenvalue weighted by Gasteiger charge is 2.45. The number of anilines is 1. The van der Waals surface area contributed by atoms with Crippen molar-refractivity contribution < 1.29 is 28.6 Å². The Balaban J connectivity index is 1.77. The molecule has 2 aliphatic heterocycles. The third-order valence-corrected chi connectivity index (χ3v) is 4.41. The molecule has 0 aromatic heterocycles. The van der Waals surface area contributed by atoms with Gasteiger partial charge in [-0.25, -0.2) is 4.79 Å². The first-order valence-corrected chi connectivity index (χ1v) is 8.19. The summed E-state index contributed by atoms with van der Waals surface area (Å²) in [5.74, 6) is -1.08. The number of morpholine rings is 1. The summed E-state index contributed by atoms with van der Waals surface area (Å²) in [4.78, 5) is 37.7. The number of nitrogens with zero attached hydrogens (tertiary/aromatic N) is 1. The maximum Gasteiger partial charge on any atom is 0.336 e. The van der Waals surface area contributed by atoms with Gasteiger partial charge < -0.3 is 24.4 Å². The number of nitrogens with one attached hydrogen (secondary N) is 1. The molecule has 8 heteroatoms. The Morgan fingerprint density at radius 1 is 1.27 bits per heavy atom. The van der Waals surface area contributed by atoms with Crippen LogP contribution in [-0.2, 0) is 23.8 Å². The fourth-order valence-corrected chi connectivity index (χ4v) is 3.06. The van der Waals surface area contributed by atoms with Crippen LogP contribution in [0.25, 0.3) is 0 Å². The predicted molar refractivity (Wildman–Crippen MR) is 91.6 cm³/mol. The van der Waals surface area contributed by atoms with Crippen molar-refractivity contribution in [1.29, 1.82) is 0 Å². The smallest absolute Gasteiger partial charge is 0.336 e. The number of carbonyl (C=O) groups excluding carboxylic acids is 3. The second kappa shape index (κ2) is 7.67. The molecular formula is C18H20N2O6. The molecule has 8 nitrogen and oxygen atoms in total. The molecule has 26 heavy (non-hydrogen) atoms. The van der Waals surface area contributed by atoms with Crippen LogP contribution in [0.5, 0.6) is 0 Å². The third kappa shape index (κ3) is 3.61. The van der Waals surface area contributed by atoms with Crippen LogP contribution in [0.15, 0.2) is 36.9 Å². The average molecular weight is 360 g/mol. The largest absolute Gasteiger partial charge is 0.467 e. The van der Waals surface area contributed by atoms with Crippen molar-refractivity contribution >= 4 is 23.5 Å². The van der Waals surface area contributed by atoms with Crippen LogP contribution in [0.1, 0.15) is 10.4 Å². The fourth-order valence-electron chi connectivity index (χ4n) is 3.06. The van der Waals surface area contributed by atoms with E-state index in [2.05, 4.69) is 11.9 Å². The van der Waals surface area contributed by atoms with E-state index in [-0.39, 0.29) is 30.5 Å². The highest BCUT2D eigenvalue weighted by Crippen LogP contribution is 2.26. The van der Waals surface area contributed by atoms with Crippen LogP contribution in [0.2, 0.25) is 0 Å². The maximum atomic E-state index is 12.9. The monoisotopic (exact) mass is 360 g/mol. The van der Waals surface area contributed by atoms with E-state index >= 15 is 0 Å². The van der Waals surface area contributed by atoms with Crippen LogP contribution in [-0.4, -0.2) is 67.8 Å². The highest BCUT2D eigenvalue weighted by molar-refractivity contribution is 6.00. The average Bonchev–Trinajstić information content (AvgIpc) is 3.15. The minimum absolute atomic E-state index is 0.102. The van der Waals surface area contributed by atoms with Crippen LogP contribution < -0.4 is 5.32 Å². The molecule has 3 rings (SSSR count). The van der Waals surface area contributed by atoms with Gasteiger partial charge in [0.1, 0.15) is 6.10 Å². The lowest BCUT2D eigenvalue weighted by Gasteiger charge is -2.39. The van der Waals surface area contributed by atoms with Crippen molar-refractivity contribution in [3.05, 3.63) is 42.5 Å². The Morgan fingerprint density at radius 2 is 2.00 bits per heavy atom. The van der Waals surface area contributed by atoms with E-state index in [1.165, 1.54) is 13.2 Å². The van der Waals surface area contributed by atoms with Crippen molar-refractivity contribution in [2.45, 2.75) is 18.2 Å². The first-order valence-electron chi connectivity index (χ1n) is 8.19. The lowest BCUT2D eigenvalue weighted by molar-refractivity contribution is -0.167. The molecule has 0 bridgehead atoms. The Labute approximate surface area is 150 Å². The Morgan fingerprint density at radius 3 is 2.65 bits per heavy atom. The summed E-state index contributed by atoms with van der Waals surface area (Å²) in [5.41, 5.74) is 1.00. The van der Waals surface area contributed by atoms with Gasteiger partial charge in [-0.2, -0.15) is 0 Å². The molecule has 1 unspecified atom stereocenters. The zero-order valence-electron chi connectivity index (χ0n) is 14.3. The number of hydrogen-bond acceptors (Lipinski definition) is 6. The van der Waals surface area contributed by atoms with Gasteiger partial charge in [0.15, 0.2) is 6.10 Å². The Hall–Kier alpha value is -2.71. The van der Waals surface area contributed by atoms with Crippen LogP contribution >= 0.6 is 0 Å². The van der Waals surface area contributed by atoms with Gasteiger partial charge in [-0.1, -0.05) is 6.58 Å². The summed E-state index contributed by atoms with van der Waals surface area (Å²) < 4.78 is 15.9. The topological polar surface area (TPSA) is 94.2 Å². The number of esters is 1. The molecule has 0 aliphatic carbocycles. The van der Waals surface area contributed by atoms with Crippen LogP contribution in [0.3, 0.4) is 0 Å². The summed E-state index contributed by atoms with van der Waals surface area (Å²) in [6.45, 7) is 4.18. The first-order chi connectivity index (χ1) is 12.5. The second-order valence-electron chi connectivity index (χ2n) is 6.02. The van der Waals surface area contributed by atoms with Gasteiger partial charge in [-0.05, 0) is 30.3 Å². The molecule has 0 spiro atoms. The minimum atomic E-state index is -0.835. The number of carbonyl (C=O) groups is 3. The lowest BCUT2D eigenvalue weighted by Crippen LogP contribution is -2.58. The second-order valence-corrected chi connectivity index (χ2v) is 6.02. The predicted octanol–water partition coefficient (Wildman–Crippen LogP) is 0.592. The number of amides is 2. The molecule has 2 heterocycles. The first kappa shape index (κ1) is 18.1. The highest BCUT2D eigenvalue weighted by atomic mass is 16.6. The number of rotatable bonds is 4. The van der Waals surface area contributed by atoms with Gasteiger partial charge in [0.05, 0.1) is 32.9 Å². The SMILES string of the molecule is C=CC(=O)Nc1ccc(C(=O)N2CC(C(=O)OC)O[C@@H]3COC[C@H]32)cc1. The summed E-state index contributed by atoms with van der Waals surface area (Å²) in [5, 5.41) is 2.62. The Bertz CT molecular complexity index is 717. The van der Waals surface area contributed by atoms with Crippen LogP contribution in [0.4, 0.5) is 5.69 Å². The molecule has 0 saturated carbocycles. The number of hydrogen-bond donors (Lipinski definition) is 1. The van der Waals surface area contributed by atoms with Gasteiger partial charge in [0, 0.05) is 11.3 Å². The normalized spacial score (nSPS) is 24.5. The van der Waals surface area contributed by atoms with Crippen molar-refractivity contribution in [3.8, 4) is 0 Å². The van der Waals surface area contributed by atoms with E-state index in [1.54, 1.807) is 29.2 Å². The Kier molecular flexibility index (Phi) is 5.34. The van der Waals surface area contributed by atoms with Gasteiger partial charge in [0.2, 0.25) is 5.91 Å². The van der Waals surface area contributed by atoms with Gasteiger partial charge in [0.25, 0.3) is 5.91 Å². The van der Waals surface area contributed by atoms with Crippen LogP contribution in [0, 0.1) is 0 Å². The van der Waals surface area contributed by atoms with E-state index < -0.39 is 12.1 Å². The fraction of sp³-hybridized carbons (Fsp3) is 0.389. The van der Waals surface area contributed by atoms with E-state index in [0.29, 0.717) is 24.5 Å². The molecule has 1 aromatic rings.